The lowest BCUT2D eigenvalue weighted by Gasteiger charge is -2.07. The van der Waals surface area contributed by atoms with Crippen molar-refractivity contribution in [2.75, 3.05) is 11.9 Å². The first-order valence-electron chi connectivity index (χ1n) is 8.13. The number of carbonyl (C=O) groups excluding carboxylic acids is 1. The van der Waals surface area contributed by atoms with Gasteiger partial charge in [-0.2, -0.15) is 0 Å². The summed E-state index contributed by atoms with van der Waals surface area (Å²) in [4.78, 5) is 23.4. The minimum absolute atomic E-state index is 0.168. The third-order valence-electron chi connectivity index (χ3n) is 3.53. The van der Waals surface area contributed by atoms with Crippen LogP contribution in [0.25, 0.3) is 17.0 Å². The van der Waals surface area contributed by atoms with Crippen LogP contribution in [0.5, 0.6) is 0 Å². The second-order valence-electron chi connectivity index (χ2n) is 5.45. The molecule has 0 atom stereocenters. The molecule has 6 nitrogen and oxygen atoms in total. The van der Waals surface area contributed by atoms with Gasteiger partial charge in [-0.1, -0.05) is 29.3 Å². The van der Waals surface area contributed by atoms with E-state index in [9.17, 15) is 4.79 Å². The lowest BCUT2D eigenvalue weighted by atomic mass is 10.2. The lowest BCUT2D eigenvalue weighted by Crippen LogP contribution is -2.17. The summed E-state index contributed by atoms with van der Waals surface area (Å²) in [5.41, 5.74) is 1.71. The van der Waals surface area contributed by atoms with Crippen LogP contribution in [0.15, 0.2) is 54.7 Å². The van der Waals surface area contributed by atoms with Crippen molar-refractivity contribution in [2.24, 2.45) is 0 Å². The maximum Gasteiger partial charge on any atom is 0.291 e. The monoisotopic (exact) mass is 402 g/mol. The fourth-order valence-electron chi connectivity index (χ4n) is 2.36. The van der Waals surface area contributed by atoms with Gasteiger partial charge in [-0.05, 0) is 37.3 Å². The summed E-state index contributed by atoms with van der Waals surface area (Å²) < 4.78 is 5.41. The standard InChI is InChI=1S/C19H16Cl2N4O2/c1-2-27-17(19(26)25-18-11-22-6-7-23-18)5-3-4-13-8-12-9-14(20)15(21)10-16(12)24-13/h3-11,24H,2H2,1H3,(H,23,25,26). The maximum atomic E-state index is 12.3. The molecule has 1 aromatic carbocycles. The molecule has 2 heterocycles. The lowest BCUT2D eigenvalue weighted by molar-refractivity contribution is -0.116. The fourth-order valence-corrected chi connectivity index (χ4v) is 2.70. The van der Waals surface area contributed by atoms with Gasteiger partial charge in [0.1, 0.15) is 0 Å². The Morgan fingerprint density at radius 3 is 2.81 bits per heavy atom. The number of hydrogen-bond donors (Lipinski definition) is 2. The number of rotatable bonds is 6. The van der Waals surface area contributed by atoms with Gasteiger partial charge in [-0.25, -0.2) is 4.98 Å². The summed E-state index contributed by atoms with van der Waals surface area (Å²) in [5.74, 6) is 0.111. The molecule has 3 rings (SSSR count). The summed E-state index contributed by atoms with van der Waals surface area (Å²) in [6.45, 7) is 2.16. The Bertz CT molecular complexity index is 974. The number of anilines is 1. The van der Waals surface area contributed by atoms with Crippen LogP contribution < -0.4 is 5.32 Å². The molecule has 0 fully saturated rings. The first-order valence-corrected chi connectivity index (χ1v) is 8.88. The molecular weight excluding hydrogens is 387 g/mol. The second-order valence-corrected chi connectivity index (χ2v) is 6.26. The topological polar surface area (TPSA) is 79.9 Å². The third kappa shape index (κ3) is 4.87. The zero-order chi connectivity index (χ0) is 19.2. The van der Waals surface area contributed by atoms with Crippen molar-refractivity contribution in [1.29, 1.82) is 0 Å². The Balaban J connectivity index is 1.77. The van der Waals surface area contributed by atoms with E-state index in [1.54, 1.807) is 31.2 Å². The molecule has 2 N–H and O–H groups in total. The highest BCUT2D eigenvalue weighted by Crippen LogP contribution is 2.28. The molecule has 0 saturated heterocycles. The molecule has 0 radical (unpaired) electrons. The third-order valence-corrected chi connectivity index (χ3v) is 4.26. The van der Waals surface area contributed by atoms with E-state index in [0.29, 0.717) is 22.5 Å². The van der Waals surface area contributed by atoms with Gasteiger partial charge in [-0.15, -0.1) is 0 Å². The number of aromatic amines is 1. The molecular formula is C19H16Cl2N4O2. The molecule has 0 bridgehead atoms. The Morgan fingerprint density at radius 2 is 2.07 bits per heavy atom. The van der Waals surface area contributed by atoms with Crippen LogP contribution in [0, 0.1) is 0 Å². The van der Waals surface area contributed by atoms with Crippen molar-refractivity contribution in [3.63, 3.8) is 0 Å². The Hall–Kier alpha value is -2.83. The van der Waals surface area contributed by atoms with Crippen LogP contribution in [0.4, 0.5) is 5.82 Å². The number of nitrogens with one attached hydrogen (secondary N) is 2. The summed E-state index contributed by atoms with van der Waals surface area (Å²) in [6.07, 6.45) is 9.59. The van der Waals surface area contributed by atoms with E-state index in [-0.39, 0.29) is 5.76 Å². The number of H-pyrrole nitrogens is 1. The van der Waals surface area contributed by atoms with Gasteiger partial charge in [-0.3, -0.25) is 9.78 Å². The molecule has 0 aliphatic carbocycles. The van der Waals surface area contributed by atoms with Crippen LogP contribution in [0.2, 0.25) is 10.0 Å². The van der Waals surface area contributed by atoms with Crippen molar-refractivity contribution in [1.82, 2.24) is 15.0 Å². The normalized spacial score (nSPS) is 11.9. The molecule has 1 amide bonds. The van der Waals surface area contributed by atoms with E-state index in [1.165, 1.54) is 18.6 Å². The van der Waals surface area contributed by atoms with E-state index in [4.69, 9.17) is 27.9 Å². The van der Waals surface area contributed by atoms with Gasteiger partial charge in [0, 0.05) is 29.0 Å². The molecule has 0 aliphatic heterocycles. The summed E-state index contributed by atoms with van der Waals surface area (Å²) in [7, 11) is 0. The summed E-state index contributed by atoms with van der Waals surface area (Å²) in [6, 6.07) is 5.50. The van der Waals surface area contributed by atoms with E-state index in [1.807, 2.05) is 12.1 Å². The number of ether oxygens (including phenoxy) is 1. The quantitative estimate of drug-likeness (QED) is 0.351. The molecule has 2 aromatic heterocycles. The maximum absolute atomic E-state index is 12.3. The highest BCUT2D eigenvalue weighted by Gasteiger charge is 2.10. The van der Waals surface area contributed by atoms with Gasteiger partial charge in [0.15, 0.2) is 11.6 Å². The minimum atomic E-state index is -0.405. The van der Waals surface area contributed by atoms with Crippen molar-refractivity contribution in [3.8, 4) is 0 Å². The highest BCUT2D eigenvalue weighted by atomic mass is 35.5. The predicted molar refractivity (Wildman–Crippen MR) is 108 cm³/mol. The zero-order valence-electron chi connectivity index (χ0n) is 14.4. The second kappa shape index (κ2) is 8.70. The van der Waals surface area contributed by atoms with Gasteiger partial charge < -0.3 is 15.0 Å². The number of allylic oxidation sites excluding steroid dienone is 2. The number of amides is 1. The number of aromatic nitrogens is 3. The fraction of sp³-hybridized carbons (Fsp3) is 0.105. The number of carbonyl (C=O) groups is 1. The number of benzene rings is 1. The average molecular weight is 403 g/mol. The van der Waals surface area contributed by atoms with E-state index < -0.39 is 5.91 Å². The number of nitrogens with zero attached hydrogens (tertiary/aromatic N) is 2. The largest absolute Gasteiger partial charge is 0.488 e. The van der Waals surface area contributed by atoms with Crippen LogP contribution in [0.3, 0.4) is 0 Å². The molecule has 0 saturated carbocycles. The van der Waals surface area contributed by atoms with Crippen molar-refractivity contribution < 1.29 is 9.53 Å². The molecule has 0 unspecified atom stereocenters. The minimum Gasteiger partial charge on any atom is -0.488 e. The molecule has 0 spiro atoms. The summed E-state index contributed by atoms with van der Waals surface area (Å²) in [5, 5.41) is 4.56. The van der Waals surface area contributed by atoms with E-state index in [2.05, 4.69) is 20.3 Å². The Kier molecular flexibility index (Phi) is 6.11. The molecule has 8 heteroatoms. The van der Waals surface area contributed by atoms with Gasteiger partial charge in [0.25, 0.3) is 5.91 Å². The van der Waals surface area contributed by atoms with Crippen molar-refractivity contribution in [2.45, 2.75) is 6.92 Å². The first kappa shape index (κ1) is 18.9. The smallest absolute Gasteiger partial charge is 0.291 e. The molecule has 3 aromatic rings. The van der Waals surface area contributed by atoms with Gasteiger partial charge in [0.2, 0.25) is 0 Å². The molecule has 27 heavy (non-hydrogen) atoms. The van der Waals surface area contributed by atoms with Crippen LogP contribution in [-0.4, -0.2) is 27.5 Å². The van der Waals surface area contributed by atoms with Gasteiger partial charge >= 0.3 is 0 Å². The van der Waals surface area contributed by atoms with Gasteiger partial charge in [0.05, 0.1) is 22.8 Å². The Labute approximate surface area is 165 Å². The molecule has 0 aliphatic rings. The zero-order valence-corrected chi connectivity index (χ0v) is 15.9. The number of hydrogen-bond acceptors (Lipinski definition) is 4. The predicted octanol–water partition coefficient (Wildman–Crippen LogP) is 4.84. The number of halogens is 2. The van der Waals surface area contributed by atoms with Crippen LogP contribution in [0.1, 0.15) is 12.6 Å². The molecule has 138 valence electrons. The Morgan fingerprint density at radius 1 is 1.26 bits per heavy atom. The first-order chi connectivity index (χ1) is 13.1. The number of fused-ring (bicyclic) bond motifs is 1. The van der Waals surface area contributed by atoms with Crippen LogP contribution >= 0.6 is 23.2 Å². The summed E-state index contributed by atoms with van der Waals surface area (Å²) >= 11 is 12.1. The van der Waals surface area contributed by atoms with E-state index in [0.717, 1.165) is 16.6 Å². The van der Waals surface area contributed by atoms with Crippen molar-refractivity contribution >= 4 is 51.9 Å². The van der Waals surface area contributed by atoms with Crippen LogP contribution in [-0.2, 0) is 9.53 Å². The van der Waals surface area contributed by atoms with Crippen molar-refractivity contribution in [3.05, 3.63) is 70.4 Å². The van der Waals surface area contributed by atoms with E-state index >= 15 is 0 Å². The SMILES string of the molecule is CCOC(=CC=Cc1cc2cc(Cl)c(Cl)cc2[nH]1)C(=O)Nc1cnccn1. The average Bonchev–Trinajstić information content (AvgIpc) is 3.03. The highest BCUT2D eigenvalue weighted by molar-refractivity contribution is 6.42.